The highest BCUT2D eigenvalue weighted by atomic mass is 19.2. The van der Waals surface area contributed by atoms with Gasteiger partial charge in [0.2, 0.25) is 11.7 Å². The van der Waals surface area contributed by atoms with Crippen LogP contribution in [0.2, 0.25) is 0 Å². The molecule has 0 radical (unpaired) electrons. The number of primary amides is 1. The highest BCUT2D eigenvalue weighted by molar-refractivity contribution is 6.00. The van der Waals surface area contributed by atoms with Crippen LogP contribution in [0.3, 0.4) is 0 Å². The molecular formula is C32H28F5N5O5. The number of hydrogen-bond donors (Lipinski definition) is 3. The van der Waals surface area contributed by atoms with Crippen molar-refractivity contribution in [2.75, 3.05) is 20.3 Å². The van der Waals surface area contributed by atoms with Gasteiger partial charge < -0.3 is 25.6 Å². The molecule has 2 aliphatic carbocycles. The number of nitrogens with zero attached hydrogens (tertiary/aromatic N) is 3. The summed E-state index contributed by atoms with van der Waals surface area (Å²) < 4.78 is 86.3. The maximum Gasteiger partial charge on any atom is 0.251 e. The number of halogens is 5. The van der Waals surface area contributed by atoms with Gasteiger partial charge in [0.25, 0.3) is 5.91 Å². The molecule has 2 aromatic carbocycles. The van der Waals surface area contributed by atoms with E-state index in [0.717, 1.165) is 6.07 Å². The second-order valence-corrected chi connectivity index (χ2v) is 12.6. The molecule has 4 aromatic rings. The molecule has 3 heterocycles. The second kappa shape index (κ2) is 10.1. The van der Waals surface area contributed by atoms with E-state index in [9.17, 15) is 27.9 Å². The van der Waals surface area contributed by atoms with Crippen LogP contribution in [0.4, 0.5) is 22.0 Å². The maximum absolute atomic E-state index is 16.2. The predicted octanol–water partition coefficient (Wildman–Crippen LogP) is 4.20. The lowest BCUT2D eigenvalue weighted by atomic mass is 9.80. The lowest BCUT2D eigenvalue weighted by molar-refractivity contribution is -0.123. The van der Waals surface area contributed by atoms with Gasteiger partial charge in [0.1, 0.15) is 40.4 Å². The molecule has 2 aromatic heterocycles. The van der Waals surface area contributed by atoms with Gasteiger partial charge in [-0.3, -0.25) is 9.59 Å². The predicted molar refractivity (Wildman–Crippen MR) is 155 cm³/mol. The summed E-state index contributed by atoms with van der Waals surface area (Å²) in [5, 5.41) is 19.2. The Kier molecular flexibility index (Phi) is 6.63. The smallest absolute Gasteiger partial charge is 0.251 e. The van der Waals surface area contributed by atoms with Crippen molar-refractivity contribution in [3.05, 3.63) is 70.8 Å². The van der Waals surface area contributed by atoms with Crippen LogP contribution in [-0.2, 0) is 21.6 Å². The van der Waals surface area contributed by atoms with Gasteiger partial charge in [-0.15, -0.1) is 0 Å². The summed E-state index contributed by atoms with van der Waals surface area (Å²) in [6.45, 7) is 0.329. The fourth-order valence-electron chi connectivity index (χ4n) is 5.93. The molecule has 3 aliphatic rings. The Bertz CT molecular complexity index is 2010. The fraction of sp³-hybridized carbons (Fsp3) is 0.375. The summed E-state index contributed by atoms with van der Waals surface area (Å²) in [7, 11) is 1.35. The number of aromatic nitrogens is 3. The van der Waals surface area contributed by atoms with Gasteiger partial charge in [-0.2, -0.15) is 5.10 Å². The first-order valence-electron chi connectivity index (χ1n) is 14.7. The van der Waals surface area contributed by atoms with Crippen LogP contribution in [0.15, 0.2) is 36.5 Å². The maximum atomic E-state index is 16.2. The fourth-order valence-corrected chi connectivity index (χ4v) is 5.93. The van der Waals surface area contributed by atoms with E-state index >= 15 is 8.78 Å². The van der Waals surface area contributed by atoms with Gasteiger partial charge >= 0.3 is 0 Å². The summed E-state index contributed by atoms with van der Waals surface area (Å²) in [4.78, 5) is 30.3. The van der Waals surface area contributed by atoms with Crippen LogP contribution in [0.1, 0.15) is 54.2 Å². The quantitative estimate of drug-likeness (QED) is 0.181. The first kappa shape index (κ1) is 30.8. The molecule has 2 atom stereocenters. The number of hydrogen-bond acceptors (Lipinski definition) is 7. The lowest BCUT2D eigenvalue weighted by Crippen LogP contribution is -2.49. The van der Waals surface area contributed by atoms with E-state index in [2.05, 4.69) is 15.4 Å². The van der Waals surface area contributed by atoms with Crippen LogP contribution >= 0.6 is 0 Å². The molecule has 0 spiro atoms. The van der Waals surface area contributed by atoms with Crippen molar-refractivity contribution in [2.24, 2.45) is 5.73 Å². The Morgan fingerprint density at radius 3 is 2.49 bits per heavy atom. The van der Waals surface area contributed by atoms with Gasteiger partial charge in [0, 0.05) is 41.1 Å². The number of fused-ring (bicyclic) bond motifs is 2. The van der Waals surface area contributed by atoms with E-state index in [-0.39, 0.29) is 42.1 Å². The molecule has 0 saturated heterocycles. The molecule has 2 amide bonds. The number of amides is 2. The van der Waals surface area contributed by atoms with Crippen LogP contribution in [0, 0.1) is 17.5 Å². The summed E-state index contributed by atoms with van der Waals surface area (Å²) in [5.74, 6) is -8.14. The molecule has 0 bridgehead atoms. The Morgan fingerprint density at radius 2 is 1.85 bits per heavy atom. The van der Waals surface area contributed by atoms with E-state index in [1.807, 2.05) is 0 Å². The van der Waals surface area contributed by atoms with E-state index in [4.69, 9.17) is 15.2 Å². The van der Waals surface area contributed by atoms with Crippen LogP contribution in [0.25, 0.3) is 22.2 Å². The van der Waals surface area contributed by atoms with E-state index in [1.165, 1.54) is 43.1 Å². The van der Waals surface area contributed by atoms with Crippen molar-refractivity contribution in [3.63, 3.8) is 0 Å². The zero-order chi connectivity index (χ0) is 33.7. The van der Waals surface area contributed by atoms with Gasteiger partial charge in [-0.05, 0) is 50.1 Å². The van der Waals surface area contributed by atoms with Gasteiger partial charge in [0.05, 0.1) is 19.3 Å². The minimum atomic E-state index is -2.56. The van der Waals surface area contributed by atoms with Crippen molar-refractivity contribution < 1.29 is 46.1 Å². The molecule has 1 aliphatic heterocycles. The number of rotatable bonds is 9. The first-order chi connectivity index (χ1) is 22.1. The van der Waals surface area contributed by atoms with E-state index in [0.29, 0.717) is 29.8 Å². The third-order valence-corrected chi connectivity index (χ3v) is 9.39. The van der Waals surface area contributed by atoms with Crippen molar-refractivity contribution in [1.29, 1.82) is 0 Å². The summed E-state index contributed by atoms with van der Waals surface area (Å²) >= 11 is 0. The number of alkyl halides is 2. The average molecular weight is 658 g/mol. The summed E-state index contributed by atoms with van der Waals surface area (Å²) in [6, 6.07) is 5.55. The van der Waals surface area contributed by atoms with Gasteiger partial charge in [0.15, 0.2) is 23.1 Å². The van der Waals surface area contributed by atoms with E-state index < -0.39 is 75.2 Å². The Labute approximate surface area is 263 Å². The van der Waals surface area contributed by atoms with Crippen molar-refractivity contribution in [3.8, 4) is 22.8 Å². The number of nitrogens with one attached hydrogen (secondary N) is 1. The minimum absolute atomic E-state index is 0.0108. The van der Waals surface area contributed by atoms with Crippen LogP contribution in [-0.4, -0.2) is 57.6 Å². The topological polar surface area (TPSA) is 142 Å². The summed E-state index contributed by atoms with van der Waals surface area (Å²) in [5.41, 5.74) is -1.84. The molecule has 246 valence electrons. The molecule has 7 rings (SSSR count). The van der Waals surface area contributed by atoms with Gasteiger partial charge in [-0.25, -0.2) is 31.6 Å². The van der Waals surface area contributed by atoms with Crippen LogP contribution in [0.5, 0.6) is 11.5 Å². The molecule has 4 N–H and O–H groups in total. The second-order valence-electron chi connectivity index (χ2n) is 12.6. The van der Waals surface area contributed by atoms with Crippen molar-refractivity contribution in [2.45, 2.75) is 55.1 Å². The molecule has 2 saturated carbocycles. The lowest BCUT2D eigenvalue weighted by Gasteiger charge is -2.33. The third-order valence-electron chi connectivity index (χ3n) is 9.39. The summed E-state index contributed by atoms with van der Waals surface area (Å²) in [6.07, 6.45) is 1.77. The third kappa shape index (κ3) is 4.61. The number of benzene rings is 2. The Balaban J connectivity index is 1.29. The number of carbonyl (C=O) groups excluding carboxylic acids is 2. The SMILES string of the molecule is COc1cc(C(=O)NC[C@](O)(c2cc3c(c(-c4ccc(F)c(F)c4F)n2)OC[C@]3(C)C(N)=O)C2(F)CC2)cc2cn(C3(F)CC3)nc12. The molecular weight excluding hydrogens is 629 g/mol. The minimum Gasteiger partial charge on any atom is -0.494 e. The zero-order valence-corrected chi connectivity index (χ0v) is 25.1. The number of nitrogens with two attached hydrogens (primary N) is 1. The van der Waals surface area contributed by atoms with E-state index in [1.54, 1.807) is 0 Å². The van der Waals surface area contributed by atoms with Crippen LogP contribution < -0.4 is 20.5 Å². The number of carbonyl (C=O) groups is 2. The highest BCUT2D eigenvalue weighted by Gasteiger charge is 2.62. The average Bonchev–Trinajstić information content (AvgIpc) is 3.90. The molecule has 0 unspecified atom stereocenters. The van der Waals surface area contributed by atoms with Gasteiger partial charge in [-0.1, -0.05) is 0 Å². The standard InChI is InChI=1S/C32H28F5N5O5/c1-29(28(38)44)14-47-26-18(29)11-21(40-25(26)17-3-4-19(33)23(35)22(17)34)32(45,30(36)5-6-30)13-39-27(43)15-9-16-12-42(31(37)7-8-31)41-24(16)20(10-15)46-2/h3-4,9-12,45H,5-8,13-14H2,1-2H3,(H2,38,44)(H,39,43)/t29-,32-/m0/s1. The number of ether oxygens (including phenoxy) is 2. The first-order valence-corrected chi connectivity index (χ1v) is 14.7. The monoisotopic (exact) mass is 657 g/mol. The number of methoxy groups -OCH3 is 1. The molecule has 2 fully saturated rings. The van der Waals surface area contributed by atoms with Crippen molar-refractivity contribution >= 4 is 22.7 Å². The normalized spacial score (nSPS) is 21.4. The Morgan fingerprint density at radius 1 is 1.13 bits per heavy atom. The highest BCUT2D eigenvalue weighted by Crippen LogP contribution is 2.55. The Hall–Kier alpha value is -4.79. The zero-order valence-electron chi connectivity index (χ0n) is 25.1. The largest absolute Gasteiger partial charge is 0.494 e. The number of aliphatic hydroxyl groups is 1. The molecule has 10 nitrogen and oxygen atoms in total. The van der Waals surface area contributed by atoms with Crippen molar-refractivity contribution in [1.82, 2.24) is 20.1 Å². The number of pyridine rings is 1. The molecule has 15 heteroatoms. The molecule has 47 heavy (non-hydrogen) atoms.